The number of rotatable bonds is 3. The molecular formula is C9H8ClN3OS. The first kappa shape index (κ1) is 10.3. The lowest BCUT2D eigenvalue weighted by molar-refractivity contribution is 0.412. The Bertz CT molecular complexity index is 447. The van der Waals surface area contributed by atoms with E-state index in [1.807, 2.05) is 6.07 Å². The molecule has 2 aromatic rings. The minimum Gasteiger partial charge on any atom is -0.398 e. The highest BCUT2D eigenvalue weighted by atomic mass is 35.5. The predicted molar refractivity (Wildman–Crippen MR) is 59.7 cm³/mol. The summed E-state index contributed by atoms with van der Waals surface area (Å²) in [5.41, 5.74) is 6.49. The number of nitrogens with zero attached hydrogens (tertiary/aromatic N) is 2. The molecule has 0 saturated heterocycles. The molecule has 0 aliphatic rings. The summed E-state index contributed by atoms with van der Waals surface area (Å²) in [6, 6.07) is 5.36. The molecule has 78 valence electrons. The molecule has 0 bridgehead atoms. The van der Waals surface area contributed by atoms with Gasteiger partial charge in [0.2, 0.25) is 6.39 Å². The average Bonchev–Trinajstić information content (AvgIpc) is 2.72. The number of anilines is 1. The molecule has 6 heteroatoms. The lowest BCUT2D eigenvalue weighted by Crippen LogP contribution is -1.89. The second-order valence-corrected chi connectivity index (χ2v) is 4.27. The molecule has 0 aliphatic heterocycles. The molecule has 0 spiro atoms. The summed E-state index contributed by atoms with van der Waals surface area (Å²) in [6.07, 6.45) is 1.30. The van der Waals surface area contributed by atoms with Gasteiger partial charge in [0.15, 0.2) is 5.82 Å². The first-order valence-electron chi connectivity index (χ1n) is 4.19. The van der Waals surface area contributed by atoms with Crippen molar-refractivity contribution in [3.05, 3.63) is 35.4 Å². The lowest BCUT2D eigenvalue weighted by Gasteiger charge is -2.03. The Labute approximate surface area is 95.8 Å². The zero-order valence-corrected chi connectivity index (χ0v) is 9.26. The number of thioether (sulfide) groups is 1. The molecule has 2 N–H and O–H groups in total. The Morgan fingerprint density at radius 3 is 3.07 bits per heavy atom. The number of nitrogen functional groups attached to an aromatic ring is 1. The van der Waals surface area contributed by atoms with Crippen molar-refractivity contribution in [2.75, 3.05) is 5.73 Å². The van der Waals surface area contributed by atoms with E-state index in [0.717, 1.165) is 4.90 Å². The van der Waals surface area contributed by atoms with E-state index in [1.54, 1.807) is 12.1 Å². The summed E-state index contributed by atoms with van der Waals surface area (Å²) in [6.45, 7) is 0. The van der Waals surface area contributed by atoms with Crippen LogP contribution in [-0.4, -0.2) is 10.1 Å². The van der Waals surface area contributed by atoms with E-state index in [9.17, 15) is 0 Å². The third kappa shape index (κ3) is 2.64. The van der Waals surface area contributed by atoms with Crippen LogP contribution in [0.5, 0.6) is 0 Å². The van der Waals surface area contributed by atoms with Gasteiger partial charge in [-0.05, 0) is 18.2 Å². The van der Waals surface area contributed by atoms with Crippen LogP contribution in [-0.2, 0) is 5.75 Å². The molecule has 0 radical (unpaired) electrons. The third-order valence-corrected chi connectivity index (χ3v) is 3.04. The summed E-state index contributed by atoms with van der Waals surface area (Å²) >= 11 is 7.38. The van der Waals surface area contributed by atoms with E-state index in [4.69, 9.17) is 17.3 Å². The van der Waals surface area contributed by atoms with Gasteiger partial charge in [0.25, 0.3) is 0 Å². The van der Waals surface area contributed by atoms with Gasteiger partial charge < -0.3 is 10.3 Å². The monoisotopic (exact) mass is 241 g/mol. The molecule has 0 amide bonds. The Hall–Kier alpha value is -1.20. The topological polar surface area (TPSA) is 64.9 Å². The zero-order valence-electron chi connectivity index (χ0n) is 7.68. The van der Waals surface area contributed by atoms with Crippen LogP contribution < -0.4 is 5.73 Å². The second-order valence-electron chi connectivity index (χ2n) is 2.82. The van der Waals surface area contributed by atoms with Gasteiger partial charge in [-0.15, -0.1) is 11.8 Å². The van der Waals surface area contributed by atoms with Crippen molar-refractivity contribution in [1.29, 1.82) is 0 Å². The van der Waals surface area contributed by atoms with Gasteiger partial charge in [-0.3, -0.25) is 0 Å². The van der Waals surface area contributed by atoms with Crippen LogP contribution in [0.15, 0.2) is 34.0 Å². The molecule has 0 saturated carbocycles. The van der Waals surface area contributed by atoms with E-state index >= 15 is 0 Å². The van der Waals surface area contributed by atoms with Crippen molar-refractivity contribution < 1.29 is 4.52 Å². The maximum Gasteiger partial charge on any atom is 0.213 e. The van der Waals surface area contributed by atoms with Crippen molar-refractivity contribution >= 4 is 29.1 Å². The molecule has 2 rings (SSSR count). The number of hydrogen-bond acceptors (Lipinski definition) is 5. The Balaban J connectivity index is 2.07. The highest BCUT2D eigenvalue weighted by molar-refractivity contribution is 7.98. The average molecular weight is 242 g/mol. The van der Waals surface area contributed by atoms with Crippen LogP contribution >= 0.6 is 23.4 Å². The molecule has 4 nitrogen and oxygen atoms in total. The minimum absolute atomic E-state index is 0.612. The van der Waals surface area contributed by atoms with E-state index in [0.29, 0.717) is 22.3 Å². The van der Waals surface area contributed by atoms with Crippen molar-refractivity contribution in [1.82, 2.24) is 10.1 Å². The van der Waals surface area contributed by atoms with Gasteiger partial charge in [-0.25, -0.2) is 0 Å². The summed E-state index contributed by atoms with van der Waals surface area (Å²) < 4.78 is 4.63. The van der Waals surface area contributed by atoms with Crippen LogP contribution in [0.25, 0.3) is 0 Å². The van der Waals surface area contributed by atoms with Crippen molar-refractivity contribution in [2.45, 2.75) is 10.6 Å². The van der Waals surface area contributed by atoms with Crippen molar-refractivity contribution in [3.63, 3.8) is 0 Å². The number of benzene rings is 1. The largest absolute Gasteiger partial charge is 0.398 e. The van der Waals surface area contributed by atoms with E-state index < -0.39 is 0 Å². The highest BCUT2D eigenvalue weighted by Crippen LogP contribution is 2.29. The van der Waals surface area contributed by atoms with E-state index in [1.165, 1.54) is 18.2 Å². The van der Waals surface area contributed by atoms with Gasteiger partial charge >= 0.3 is 0 Å². The van der Waals surface area contributed by atoms with Gasteiger partial charge in [-0.1, -0.05) is 16.8 Å². The first-order chi connectivity index (χ1) is 7.25. The number of aromatic nitrogens is 2. The fraction of sp³-hybridized carbons (Fsp3) is 0.111. The van der Waals surface area contributed by atoms with Crippen LogP contribution in [0.2, 0.25) is 5.02 Å². The molecule has 0 fully saturated rings. The van der Waals surface area contributed by atoms with Crippen LogP contribution in [0, 0.1) is 0 Å². The zero-order chi connectivity index (χ0) is 10.7. The predicted octanol–water partition coefficient (Wildman–Crippen LogP) is 2.60. The summed E-state index contributed by atoms with van der Waals surface area (Å²) in [7, 11) is 0. The fourth-order valence-corrected chi connectivity index (χ4v) is 2.13. The Kier molecular flexibility index (Phi) is 3.13. The van der Waals surface area contributed by atoms with Crippen molar-refractivity contribution in [3.8, 4) is 0 Å². The summed E-state index contributed by atoms with van der Waals surface area (Å²) in [4.78, 5) is 4.83. The standard InChI is InChI=1S/C9H8ClN3OS/c10-6-1-2-7(11)8(3-6)15-4-9-12-5-14-13-9/h1-3,5H,4,11H2. The highest BCUT2D eigenvalue weighted by Gasteiger charge is 2.04. The number of halogens is 1. The van der Waals surface area contributed by atoms with Crippen LogP contribution in [0.4, 0.5) is 5.69 Å². The third-order valence-electron chi connectivity index (χ3n) is 1.74. The maximum absolute atomic E-state index is 5.86. The maximum atomic E-state index is 5.86. The summed E-state index contributed by atoms with van der Waals surface area (Å²) in [5.74, 6) is 1.25. The minimum atomic E-state index is 0.612. The van der Waals surface area contributed by atoms with Gasteiger partial charge in [-0.2, -0.15) is 4.98 Å². The van der Waals surface area contributed by atoms with E-state index in [-0.39, 0.29) is 0 Å². The molecule has 0 aliphatic carbocycles. The first-order valence-corrected chi connectivity index (χ1v) is 5.55. The smallest absolute Gasteiger partial charge is 0.213 e. The number of nitrogens with two attached hydrogens (primary N) is 1. The summed E-state index contributed by atoms with van der Waals surface area (Å²) in [5, 5.41) is 4.37. The fourth-order valence-electron chi connectivity index (χ4n) is 1.03. The molecule has 1 aromatic heterocycles. The van der Waals surface area contributed by atoms with E-state index in [2.05, 4.69) is 14.7 Å². The Morgan fingerprint density at radius 2 is 2.33 bits per heavy atom. The number of hydrogen-bond donors (Lipinski definition) is 1. The second kappa shape index (κ2) is 4.55. The molecule has 1 heterocycles. The molecule has 1 aromatic carbocycles. The van der Waals surface area contributed by atoms with Crippen LogP contribution in [0.3, 0.4) is 0 Å². The van der Waals surface area contributed by atoms with Gasteiger partial charge in [0.1, 0.15) is 0 Å². The molecular weight excluding hydrogens is 234 g/mol. The molecule has 0 unspecified atom stereocenters. The normalized spacial score (nSPS) is 10.5. The SMILES string of the molecule is Nc1ccc(Cl)cc1SCc1ncon1. The van der Waals surface area contributed by atoms with Crippen LogP contribution in [0.1, 0.15) is 5.82 Å². The lowest BCUT2D eigenvalue weighted by atomic mass is 10.3. The quantitative estimate of drug-likeness (QED) is 0.661. The Morgan fingerprint density at radius 1 is 1.47 bits per heavy atom. The molecule has 15 heavy (non-hydrogen) atoms. The van der Waals surface area contributed by atoms with Gasteiger partial charge in [0, 0.05) is 15.6 Å². The molecule has 0 atom stereocenters. The van der Waals surface area contributed by atoms with Gasteiger partial charge in [0.05, 0.1) is 5.75 Å². The van der Waals surface area contributed by atoms with Crippen molar-refractivity contribution in [2.24, 2.45) is 0 Å².